The van der Waals surface area contributed by atoms with Gasteiger partial charge < -0.3 is 10.5 Å². The maximum Gasteiger partial charge on any atom is 0.133 e. The van der Waals surface area contributed by atoms with Crippen LogP contribution in [0.25, 0.3) is 0 Å². The molecule has 2 aromatic rings. The van der Waals surface area contributed by atoms with Gasteiger partial charge in [0.2, 0.25) is 0 Å². The molecule has 100 valence electrons. The van der Waals surface area contributed by atoms with Crippen LogP contribution < -0.4 is 10.5 Å². The molecule has 0 heterocycles. The smallest absolute Gasteiger partial charge is 0.133 e. The predicted octanol–water partition coefficient (Wildman–Crippen LogP) is 4.63. The molecule has 0 amide bonds. The third-order valence-corrected chi connectivity index (χ3v) is 3.73. The van der Waals surface area contributed by atoms with E-state index in [1.807, 2.05) is 18.2 Å². The molecule has 19 heavy (non-hydrogen) atoms. The highest BCUT2D eigenvalue weighted by Crippen LogP contribution is 2.32. The molecule has 0 aromatic heterocycles. The van der Waals surface area contributed by atoms with Crippen LogP contribution in [0.3, 0.4) is 0 Å². The van der Waals surface area contributed by atoms with Gasteiger partial charge in [0.25, 0.3) is 0 Å². The third-order valence-electron chi connectivity index (χ3n) is 3.23. The van der Waals surface area contributed by atoms with E-state index in [4.69, 9.17) is 10.5 Å². The fourth-order valence-electron chi connectivity index (χ4n) is 2.02. The van der Waals surface area contributed by atoms with Crippen molar-refractivity contribution in [2.45, 2.75) is 27.3 Å². The molecule has 0 aliphatic heterocycles. The summed E-state index contributed by atoms with van der Waals surface area (Å²) in [7, 11) is 0. The number of aryl methyl sites for hydroxylation is 2. The van der Waals surface area contributed by atoms with Gasteiger partial charge in [0.1, 0.15) is 11.5 Å². The van der Waals surface area contributed by atoms with Crippen molar-refractivity contribution in [2.75, 3.05) is 0 Å². The summed E-state index contributed by atoms with van der Waals surface area (Å²) in [4.78, 5) is 0. The Morgan fingerprint density at radius 1 is 1.05 bits per heavy atom. The standard InChI is InChI=1S/C16H18BrNO/c1-10-6-11(2)12(3)15(7-10)19-16-8-14(17)5-4-13(16)9-18/h4-8H,9,18H2,1-3H3. The van der Waals surface area contributed by atoms with E-state index in [2.05, 4.69) is 48.8 Å². The van der Waals surface area contributed by atoms with Crippen molar-refractivity contribution in [2.24, 2.45) is 5.73 Å². The summed E-state index contributed by atoms with van der Waals surface area (Å²) in [6.07, 6.45) is 0. The molecule has 0 spiro atoms. The van der Waals surface area contributed by atoms with Crippen LogP contribution in [-0.2, 0) is 6.54 Å². The van der Waals surface area contributed by atoms with E-state index < -0.39 is 0 Å². The Morgan fingerprint density at radius 2 is 1.79 bits per heavy atom. The van der Waals surface area contributed by atoms with E-state index in [0.717, 1.165) is 27.1 Å². The van der Waals surface area contributed by atoms with Gasteiger partial charge in [0.05, 0.1) is 0 Å². The Labute approximate surface area is 122 Å². The molecular formula is C16H18BrNO. The van der Waals surface area contributed by atoms with E-state index in [1.54, 1.807) is 0 Å². The lowest BCUT2D eigenvalue weighted by Crippen LogP contribution is -2.00. The van der Waals surface area contributed by atoms with Gasteiger partial charge in [-0.3, -0.25) is 0 Å². The topological polar surface area (TPSA) is 35.2 Å². The first-order valence-electron chi connectivity index (χ1n) is 6.25. The molecule has 0 saturated heterocycles. The second-order valence-corrected chi connectivity index (χ2v) is 5.68. The molecule has 0 unspecified atom stereocenters. The molecule has 0 atom stereocenters. The first-order chi connectivity index (χ1) is 9.01. The minimum Gasteiger partial charge on any atom is -0.457 e. The number of halogens is 1. The average Bonchev–Trinajstić information content (AvgIpc) is 2.35. The van der Waals surface area contributed by atoms with Gasteiger partial charge in [0, 0.05) is 16.6 Å². The average molecular weight is 320 g/mol. The highest BCUT2D eigenvalue weighted by molar-refractivity contribution is 9.10. The van der Waals surface area contributed by atoms with Crippen molar-refractivity contribution in [3.8, 4) is 11.5 Å². The number of ether oxygens (including phenoxy) is 1. The number of nitrogens with two attached hydrogens (primary N) is 1. The van der Waals surface area contributed by atoms with Crippen molar-refractivity contribution in [1.29, 1.82) is 0 Å². The van der Waals surface area contributed by atoms with Gasteiger partial charge in [-0.15, -0.1) is 0 Å². The number of hydrogen-bond acceptors (Lipinski definition) is 2. The second kappa shape index (κ2) is 5.76. The van der Waals surface area contributed by atoms with Crippen LogP contribution in [0.4, 0.5) is 0 Å². The molecule has 0 aliphatic rings. The first kappa shape index (κ1) is 14.1. The summed E-state index contributed by atoms with van der Waals surface area (Å²) in [6.45, 7) is 6.71. The first-order valence-corrected chi connectivity index (χ1v) is 7.04. The van der Waals surface area contributed by atoms with Gasteiger partial charge >= 0.3 is 0 Å². The second-order valence-electron chi connectivity index (χ2n) is 4.76. The van der Waals surface area contributed by atoms with Crippen LogP contribution >= 0.6 is 15.9 Å². The summed E-state index contributed by atoms with van der Waals surface area (Å²) < 4.78 is 7.05. The van der Waals surface area contributed by atoms with Crippen LogP contribution in [0.2, 0.25) is 0 Å². The van der Waals surface area contributed by atoms with Crippen molar-refractivity contribution < 1.29 is 4.74 Å². The molecule has 3 heteroatoms. The summed E-state index contributed by atoms with van der Waals surface area (Å²) in [5.41, 5.74) is 10.4. The Morgan fingerprint density at radius 3 is 2.47 bits per heavy atom. The Hall–Kier alpha value is -1.32. The molecule has 0 bridgehead atoms. The molecule has 2 aromatic carbocycles. The monoisotopic (exact) mass is 319 g/mol. The van der Waals surface area contributed by atoms with Crippen molar-refractivity contribution in [3.63, 3.8) is 0 Å². The largest absolute Gasteiger partial charge is 0.457 e. The minimum absolute atomic E-state index is 0.465. The Bertz CT molecular complexity index is 608. The summed E-state index contributed by atoms with van der Waals surface area (Å²) in [5, 5.41) is 0. The normalized spacial score (nSPS) is 10.6. The van der Waals surface area contributed by atoms with E-state index in [-0.39, 0.29) is 0 Å². The Kier molecular flexibility index (Phi) is 4.27. The maximum absolute atomic E-state index is 6.06. The molecule has 0 radical (unpaired) electrons. The van der Waals surface area contributed by atoms with E-state index in [1.165, 1.54) is 11.1 Å². The van der Waals surface area contributed by atoms with Crippen molar-refractivity contribution in [3.05, 3.63) is 57.1 Å². The fraction of sp³-hybridized carbons (Fsp3) is 0.250. The maximum atomic E-state index is 6.06. The molecule has 0 aliphatic carbocycles. The Balaban J connectivity index is 2.44. The van der Waals surface area contributed by atoms with Crippen molar-refractivity contribution >= 4 is 15.9 Å². The van der Waals surface area contributed by atoms with Crippen LogP contribution in [0.1, 0.15) is 22.3 Å². The molecule has 2 N–H and O–H groups in total. The molecular weight excluding hydrogens is 302 g/mol. The zero-order valence-electron chi connectivity index (χ0n) is 11.5. The third kappa shape index (κ3) is 3.17. The van der Waals surface area contributed by atoms with Crippen LogP contribution in [0.15, 0.2) is 34.8 Å². The molecule has 0 fully saturated rings. The van der Waals surface area contributed by atoms with Gasteiger partial charge in [-0.2, -0.15) is 0 Å². The molecule has 0 saturated carbocycles. The van der Waals surface area contributed by atoms with Crippen LogP contribution in [0.5, 0.6) is 11.5 Å². The summed E-state index contributed by atoms with van der Waals surface area (Å²) in [5.74, 6) is 1.70. The highest BCUT2D eigenvalue weighted by Gasteiger charge is 2.09. The van der Waals surface area contributed by atoms with Crippen LogP contribution in [-0.4, -0.2) is 0 Å². The van der Waals surface area contributed by atoms with E-state index in [9.17, 15) is 0 Å². The number of benzene rings is 2. The lowest BCUT2D eigenvalue weighted by Gasteiger charge is -2.14. The highest BCUT2D eigenvalue weighted by atomic mass is 79.9. The van der Waals surface area contributed by atoms with Gasteiger partial charge in [0.15, 0.2) is 0 Å². The van der Waals surface area contributed by atoms with Gasteiger partial charge in [-0.1, -0.05) is 28.1 Å². The van der Waals surface area contributed by atoms with Gasteiger partial charge in [-0.25, -0.2) is 0 Å². The van der Waals surface area contributed by atoms with Gasteiger partial charge in [-0.05, 0) is 55.7 Å². The van der Waals surface area contributed by atoms with Crippen molar-refractivity contribution in [1.82, 2.24) is 0 Å². The zero-order valence-corrected chi connectivity index (χ0v) is 13.0. The lowest BCUT2D eigenvalue weighted by molar-refractivity contribution is 0.471. The lowest BCUT2D eigenvalue weighted by atomic mass is 10.1. The van der Waals surface area contributed by atoms with E-state index >= 15 is 0 Å². The fourth-order valence-corrected chi connectivity index (χ4v) is 2.36. The molecule has 2 rings (SSSR count). The number of hydrogen-bond donors (Lipinski definition) is 1. The zero-order chi connectivity index (χ0) is 14.0. The quantitative estimate of drug-likeness (QED) is 0.895. The summed E-state index contributed by atoms with van der Waals surface area (Å²) >= 11 is 3.47. The van der Waals surface area contributed by atoms with Crippen LogP contribution in [0, 0.1) is 20.8 Å². The van der Waals surface area contributed by atoms with E-state index in [0.29, 0.717) is 6.54 Å². The minimum atomic E-state index is 0.465. The molecule has 2 nitrogen and oxygen atoms in total. The SMILES string of the molecule is Cc1cc(C)c(C)c(Oc2cc(Br)ccc2CN)c1. The predicted molar refractivity (Wildman–Crippen MR) is 82.8 cm³/mol. The summed E-state index contributed by atoms with van der Waals surface area (Å²) in [6, 6.07) is 10.1. The number of rotatable bonds is 3.